The summed E-state index contributed by atoms with van der Waals surface area (Å²) in [6.45, 7) is 2.77. The average molecular weight is 302 g/mol. The summed E-state index contributed by atoms with van der Waals surface area (Å²) in [6, 6.07) is 3.08. The number of carbonyl (C=O) groups is 1. The highest BCUT2D eigenvalue weighted by atomic mass is 35.5. The van der Waals surface area contributed by atoms with E-state index >= 15 is 0 Å². The normalized spacial score (nSPS) is 19.6. The molecule has 4 nitrogen and oxygen atoms in total. The van der Waals surface area contributed by atoms with Gasteiger partial charge in [0.25, 0.3) is 5.91 Å². The van der Waals surface area contributed by atoms with Crippen LogP contribution in [0.15, 0.2) is 12.1 Å². The number of rotatable bonds is 3. The van der Waals surface area contributed by atoms with Crippen LogP contribution in [-0.2, 0) is 0 Å². The van der Waals surface area contributed by atoms with E-state index in [0.29, 0.717) is 33.8 Å². The number of nitrogens with one attached hydrogen (secondary N) is 1. The number of amides is 1. The van der Waals surface area contributed by atoms with Crippen LogP contribution in [0.4, 0.5) is 5.69 Å². The van der Waals surface area contributed by atoms with Gasteiger partial charge >= 0.3 is 0 Å². The topological polar surface area (TPSA) is 58.4 Å². The van der Waals surface area contributed by atoms with Crippen molar-refractivity contribution in [2.75, 3.05) is 32.4 Å². The Morgan fingerprint density at radius 1 is 1.47 bits per heavy atom. The summed E-state index contributed by atoms with van der Waals surface area (Å²) >= 11 is 11.8. The van der Waals surface area contributed by atoms with E-state index in [1.807, 2.05) is 0 Å². The highest BCUT2D eigenvalue weighted by molar-refractivity contribution is 6.39. The quantitative estimate of drug-likeness (QED) is 0.842. The van der Waals surface area contributed by atoms with Gasteiger partial charge in [0.15, 0.2) is 0 Å². The molecule has 1 aliphatic heterocycles. The first-order valence-electron chi connectivity index (χ1n) is 6.18. The zero-order chi connectivity index (χ0) is 14.0. The molecule has 6 heteroatoms. The highest BCUT2D eigenvalue weighted by Gasteiger charge is 2.20. The summed E-state index contributed by atoms with van der Waals surface area (Å²) in [5, 5.41) is 3.52. The van der Waals surface area contributed by atoms with Crippen molar-refractivity contribution in [2.24, 2.45) is 5.92 Å². The van der Waals surface area contributed by atoms with Gasteiger partial charge in [-0.15, -0.1) is 0 Å². The fourth-order valence-electron chi connectivity index (χ4n) is 2.25. The Bertz CT molecular complexity index is 470. The molecule has 1 aliphatic rings. The van der Waals surface area contributed by atoms with Gasteiger partial charge in [-0.3, -0.25) is 4.79 Å². The van der Waals surface area contributed by atoms with E-state index in [-0.39, 0.29) is 5.91 Å². The van der Waals surface area contributed by atoms with Gasteiger partial charge in [0.05, 0.1) is 15.7 Å². The maximum atomic E-state index is 12.0. The second-order valence-corrected chi connectivity index (χ2v) is 5.79. The minimum absolute atomic E-state index is 0.168. The fourth-order valence-corrected chi connectivity index (χ4v) is 2.73. The molecular formula is C13H17Cl2N3O. The van der Waals surface area contributed by atoms with Crippen molar-refractivity contribution in [3.63, 3.8) is 0 Å². The maximum absolute atomic E-state index is 12.0. The first-order chi connectivity index (χ1) is 8.97. The standard InChI is InChI=1S/C13H17Cl2N3O/c1-18-3-2-8(7-18)6-17-13(19)9-4-10(14)12(16)11(15)5-9/h4-5,8H,2-3,6-7,16H2,1H3,(H,17,19). The summed E-state index contributed by atoms with van der Waals surface area (Å²) in [5.41, 5.74) is 6.38. The molecule has 1 amide bonds. The van der Waals surface area contributed by atoms with E-state index in [9.17, 15) is 4.79 Å². The lowest BCUT2D eigenvalue weighted by Crippen LogP contribution is -2.30. The maximum Gasteiger partial charge on any atom is 0.251 e. The summed E-state index contributed by atoms with van der Waals surface area (Å²) in [5.74, 6) is 0.340. The number of carbonyl (C=O) groups excluding carboxylic acids is 1. The molecule has 1 heterocycles. The minimum Gasteiger partial charge on any atom is -0.396 e. The molecule has 1 aromatic carbocycles. The molecule has 0 aliphatic carbocycles. The number of nitrogen functional groups attached to an aromatic ring is 1. The number of hydrogen-bond donors (Lipinski definition) is 2. The van der Waals surface area contributed by atoms with Crippen LogP contribution in [0.1, 0.15) is 16.8 Å². The molecule has 3 N–H and O–H groups in total. The number of nitrogens with zero attached hydrogens (tertiary/aromatic N) is 1. The third-order valence-electron chi connectivity index (χ3n) is 3.38. The Balaban J connectivity index is 1.96. The molecule has 2 rings (SSSR count). The summed E-state index contributed by atoms with van der Waals surface area (Å²) in [7, 11) is 2.08. The third-order valence-corrected chi connectivity index (χ3v) is 4.01. The van der Waals surface area contributed by atoms with Crippen LogP contribution < -0.4 is 11.1 Å². The molecule has 1 atom stereocenters. The van der Waals surface area contributed by atoms with Crippen LogP contribution in [0.5, 0.6) is 0 Å². The van der Waals surface area contributed by atoms with Crippen LogP contribution in [0.25, 0.3) is 0 Å². The minimum atomic E-state index is -0.168. The molecule has 1 fully saturated rings. The predicted octanol–water partition coefficient (Wildman–Crippen LogP) is 2.26. The summed E-state index contributed by atoms with van der Waals surface area (Å²) < 4.78 is 0. The predicted molar refractivity (Wildman–Crippen MR) is 78.8 cm³/mol. The van der Waals surface area contributed by atoms with Crippen molar-refractivity contribution in [3.05, 3.63) is 27.7 Å². The molecule has 0 saturated carbocycles. The van der Waals surface area contributed by atoms with Gasteiger partial charge in [-0.25, -0.2) is 0 Å². The molecule has 1 aromatic rings. The molecule has 19 heavy (non-hydrogen) atoms. The molecule has 1 unspecified atom stereocenters. The average Bonchev–Trinajstić information content (AvgIpc) is 2.78. The first kappa shape index (κ1) is 14.4. The second kappa shape index (κ2) is 5.99. The SMILES string of the molecule is CN1CCC(CNC(=O)c2cc(Cl)c(N)c(Cl)c2)C1. The lowest BCUT2D eigenvalue weighted by atomic mass is 10.1. The Kier molecular flexibility index (Phi) is 4.55. The van der Waals surface area contributed by atoms with Crippen LogP contribution in [0, 0.1) is 5.92 Å². The van der Waals surface area contributed by atoms with Crippen LogP contribution in [-0.4, -0.2) is 37.5 Å². The van der Waals surface area contributed by atoms with Crippen molar-refractivity contribution >= 4 is 34.8 Å². The number of hydrogen-bond acceptors (Lipinski definition) is 3. The van der Waals surface area contributed by atoms with Crippen LogP contribution in [0.3, 0.4) is 0 Å². The van der Waals surface area contributed by atoms with E-state index in [0.717, 1.165) is 19.5 Å². The smallest absolute Gasteiger partial charge is 0.251 e. The molecule has 104 valence electrons. The molecule has 1 saturated heterocycles. The van der Waals surface area contributed by atoms with Gasteiger partial charge in [-0.05, 0) is 38.1 Å². The van der Waals surface area contributed by atoms with E-state index < -0.39 is 0 Å². The van der Waals surface area contributed by atoms with Gasteiger partial charge in [0, 0.05) is 18.7 Å². The fraction of sp³-hybridized carbons (Fsp3) is 0.462. The summed E-state index contributed by atoms with van der Waals surface area (Å²) in [4.78, 5) is 14.3. The number of benzene rings is 1. The lowest BCUT2D eigenvalue weighted by molar-refractivity contribution is 0.0947. The van der Waals surface area contributed by atoms with Crippen LogP contribution in [0.2, 0.25) is 10.0 Å². The van der Waals surface area contributed by atoms with Gasteiger partial charge in [-0.1, -0.05) is 23.2 Å². The molecule has 0 bridgehead atoms. The Hall–Kier alpha value is -0.970. The zero-order valence-corrected chi connectivity index (χ0v) is 12.3. The third kappa shape index (κ3) is 3.53. The zero-order valence-electron chi connectivity index (χ0n) is 10.7. The van der Waals surface area contributed by atoms with Gasteiger partial charge in [0.2, 0.25) is 0 Å². The van der Waals surface area contributed by atoms with Crippen molar-refractivity contribution in [1.29, 1.82) is 0 Å². The number of nitrogens with two attached hydrogens (primary N) is 1. The molecule has 0 aromatic heterocycles. The van der Waals surface area contributed by atoms with E-state index in [1.165, 1.54) is 0 Å². The number of likely N-dealkylation sites (tertiary alicyclic amines) is 1. The van der Waals surface area contributed by atoms with Crippen LogP contribution >= 0.6 is 23.2 Å². The largest absolute Gasteiger partial charge is 0.396 e. The second-order valence-electron chi connectivity index (χ2n) is 4.98. The van der Waals surface area contributed by atoms with E-state index in [2.05, 4.69) is 17.3 Å². The number of anilines is 1. The Morgan fingerprint density at radius 3 is 2.63 bits per heavy atom. The molecule has 0 spiro atoms. The van der Waals surface area contributed by atoms with Gasteiger partial charge in [-0.2, -0.15) is 0 Å². The molecule has 0 radical (unpaired) electrons. The number of halogens is 2. The monoisotopic (exact) mass is 301 g/mol. The first-order valence-corrected chi connectivity index (χ1v) is 6.94. The van der Waals surface area contributed by atoms with Crippen molar-refractivity contribution in [1.82, 2.24) is 10.2 Å². The van der Waals surface area contributed by atoms with Crippen molar-refractivity contribution in [2.45, 2.75) is 6.42 Å². The molecular weight excluding hydrogens is 285 g/mol. The van der Waals surface area contributed by atoms with Gasteiger partial charge < -0.3 is 16.0 Å². The van der Waals surface area contributed by atoms with Crippen molar-refractivity contribution in [3.8, 4) is 0 Å². The van der Waals surface area contributed by atoms with Gasteiger partial charge in [0.1, 0.15) is 0 Å². The lowest BCUT2D eigenvalue weighted by Gasteiger charge is -2.12. The Labute approximate surface area is 122 Å². The summed E-state index contributed by atoms with van der Waals surface area (Å²) in [6.07, 6.45) is 1.11. The highest BCUT2D eigenvalue weighted by Crippen LogP contribution is 2.28. The van der Waals surface area contributed by atoms with Crippen molar-refractivity contribution < 1.29 is 4.79 Å². The Morgan fingerprint density at radius 2 is 2.11 bits per heavy atom. The van der Waals surface area contributed by atoms with E-state index in [4.69, 9.17) is 28.9 Å². The van der Waals surface area contributed by atoms with E-state index in [1.54, 1.807) is 12.1 Å².